The van der Waals surface area contributed by atoms with Crippen molar-refractivity contribution in [2.24, 2.45) is 23.7 Å². The van der Waals surface area contributed by atoms with Crippen molar-refractivity contribution in [3.05, 3.63) is 0 Å². The zero-order chi connectivity index (χ0) is 26.2. The summed E-state index contributed by atoms with van der Waals surface area (Å²) in [5.41, 5.74) is 0. The molecule has 0 aromatic heterocycles. The summed E-state index contributed by atoms with van der Waals surface area (Å²) in [6, 6.07) is 0. The van der Waals surface area contributed by atoms with Crippen molar-refractivity contribution < 1.29 is 8.85 Å². The smallest absolute Gasteiger partial charge is 0.304 e. The zero-order valence-corrected chi connectivity index (χ0v) is 27.0. The lowest BCUT2D eigenvalue weighted by Crippen LogP contribution is -2.13. The van der Waals surface area contributed by atoms with Crippen molar-refractivity contribution in [1.29, 1.82) is 0 Å². The van der Waals surface area contributed by atoms with Gasteiger partial charge in [0.1, 0.15) is 0 Å². The number of hydrogen-bond donors (Lipinski definition) is 0. The van der Waals surface area contributed by atoms with Gasteiger partial charge in [0.15, 0.2) is 0 Å². The van der Waals surface area contributed by atoms with Gasteiger partial charge in [0.2, 0.25) is 0 Å². The minimum absolute atomic E-state index is 0.611. The van der Waals surface area contributed by atoms with E-state index in [2.05, 4.69) is 13.8 Å². The Bertz CT molecular complexity index is 374. The first-order valence-electron chi connectivity index (χ1n) is 17.5. The van der Waals surface area contributed by atoms with E-state index in [1.807, 2.05) is 0 Å². The SMILES string of the molecule is C1CCCC(C2CCCCCC2)CC1.C1CCCC(C2CCCCCC2)CC1.CCCO[SiH2]OCCC. The van der Waals surface area contributed by atoms with Crippen LogP contribution >= 0.6 is 0 Å². The average Bonchev–Trinajstić information content (AvgIpc) is 3.54. The molecule has 2 nitrogen and oxygen atoms in total. The topological polar surface area (TPSA) is 18.5 Å². The monoisotopic (exact) mass is 536 g/mol. The van der Waals surface area contributed by atoms with E-state index in [4.69, 9.17) is 8.85 Å². The maximum atomic E-state index is 5.20. The van der Waals surface area contributed by atoms with Crippen molar-refractivity contribution >= 4 is 10.0 Å². The van der Waals surface area contributed by atoms with Gasteiger partial charge in [-0.15, -0.1) is 0 Å². The molecule has 0 saturated heterocycles. The molecule has 4 saturated carbocycles. The largest absolute Gasteiger partial charge is 0.399 e. The van der Waals surface area contributed by atoms with Crippen LogP contribution in [0.4, 0.5) is 0 Å². The normalized spacial score (nSPS) is 23.8. The van der Waals surface area contributed by atoms with Crippen LogP contribution in [0.25, 0.3) is 0 Å². The van der Waals surface area contributed by atoms with Crippen LogP contribution in [0.1, 0.15) is 181 Å². The summed E-state index contributed by atoms with van der Waals surface area (Å²) in [6.45, 7) is 5.95. The third kappa shape index (κ3) is 16.8. The van der Waals surface area contributed by atoms with Gasteiger partial charge in [-0.05, 0) is 36.5 Å². The van der Waals surface area contributed by atoms with Crippen LogP contribution in [-0.4, -0.2) is 23.2 Å². The molecule has 0 N–H and O–H groups in total. The predicted molar refractivity (Wildman–Crippen MR) is 166 cm³/mol. The van der Waals surface area contributed by atoms with Crippen LogP contribution in [0.2, 0.25) is 0 Å². The molecule has 4 aliphatic rings. The molecule has 220 valence electrons. The second-order valence-corrected chi connectivity index (χ2v) is 14.0. The molecule has 0 radical (unpaired) electrons. The molecule has 0 heterocycles. The molecule has 4 rings (SSSR count). The lowest BCUT2D eigenvalue weighted by Gasteiger charge is -2.24. The summed E-state index contributed by atoms with van der Waals surface area (Å²) >= 11 is 0. The minimum Gasteiger partial charge on any atom is -0.399 e. The predicted octanol–water partition coefficient (Wildman–Crippen LogP) is 10.7. The summed E-state index contributed by atoms with van der Waals surface area (Å²) in [6.07, 6.45) is 39.0. The van der Waals surface area contributed by atoms with Gasteiger partial charge in [-0.1, -0.05) is 168 Å². The van der Waals surface area contributed by atoms with Gasteiger partial charge in [-0.25, -0.2) is 0 Å². The van der Waals surface area contributed by atoms with E-state index >= 15 is 0 Å². The van der Waals surface area contributed by atoms with Gasteiger partial charge in [0.25, 0.3) is 0 Å². The minimum atomic E-state index is -0.611. The van der Waals surface area contributed by atoms with Gasteiger partial charge in [0.05, 0.1) is 0 Å². The second-order valence-electron chi connectivity index (χ2n) is 12.9. The van der Waals surface area contributed by atoms with Crippen LogP contribution in [0.5, 0.6) is 0 Å². The molecular formula is C34H68O2Si. The quantitative estimate of drug-likeness (QED) is 0.174. The molecule has 0 aromatic rings. The third-order valence-corrected chi connectivity index (χ3v) is 10.7. The standard InChI is InChI=1S/2C14H26.C6H16O2Si/c2*1-2-6-10-13(9-5-1)14-11-7-3-4-8-12-14;1-3-5-7-9-8-6-4-2/h2*13-14H,1-12H2;3-6,9H2,1-2H3. The van der Waals surface area contributed by atoms with Gasteiger partial charge in [0, 0.05) is 13.2 Å². The molecule has 0 bridgehead atoms. The Morgan fingerprint density at radius 3 is 0.784 bits per heavy atom. The molecule has 0 aliphatic heterocycles. The fourth-order valence-electron chi connectivity index (χ4n) is 7.59. The first kappa shape index (κ1) is 33.3. The highest BCUT2D eigenvalue weighted by molar-refractivity contribution is 6.17. The van der Waals surface area contributed by atoms with Crippen LogP contribution in [0.3, 0.4) is 0 Å². The lowest BCUT2D eigenvalue weighted by molar-refractivity contribution is 0.222. The summed E-state index contributed by atoms with van der Waals surface area (Å²) in [5.74, 6) is 4.48. The van der Waals surface area contributed by atoms with Crippen LogP contribution in [0.15, 0.2) is 0 Å². The summed E-state index contributed by atoms with van der Waals surface area (Å²) < 4.78 is 10.4. The van der Waals surface area contributed by atoms with Gasteiger partial charge >= 0.3 is 10.0 Å². The van der Waals surface area contributed by atoms with E-state index < -0.39 is 10.0 Å². The molecule has 0 unspecified atom stereocenters. The summed E-state index contributed by atoms with van der Waals surface area (Å²) in [5, 5.41) is 0. The van der Waals surface area contributed by atoms with Crippen LogP contribution in [-0.2, 0) is 8.85 Å². The highest BCUT2D eigenvalue weighted by Gasteiger charge is 2.24. The van der Waals surface area contributed by atoms with Crippen molar-refractivity contribution in [2.45, 2.75) is 181 Å². The van der Waals surface area contributed by atoms with E-state index in [1.54, 1.807) is 51.4 Å². The summed E-state index contributed by atoms with van der Waals surface area (Å²) in [4.78, 5) is 0. The highest BCUT2D eigenvalue weighted by Crippen LogP contribution is 2.37. The van der Waals surface area contributed by atoms with Gasteiger partial charge < -0.3 is 8.85 Å². The van der Waals surface area contributed by atoms with Crippen LogP contribution < -0.4 is 0 Å². The molecule has 0 aromatic carbocycles. The molecule has 37 heavy (non-hydrogen) atoms. The van der Waals surface area contributed by atoms with E-state index in [0.717, 1.165) is 49.7 Å². The van der Waals surface area contributed by atoms with Gasteiger partial charge in [-0.3, -0.25) is 0 Å². The summed E-state index contributed by atoms with van der Waals surface area (Å²) in [7, 11) is -0.611. The van der Waals surface area contributed by atoms with E-state index in [0.29, 0.717) is 0 Å². The Morgan fingerprint density at radius 1 is 0.378 bits per heavy atom. The molecule has 0 atom stereocenters. The van der Waals surface area contributed by atoms with Crippen LogP contribution in [0, 0.1) is 23.7 Å². The molecule has 4 fully saturated rings. The van der Waals surface area contributed by atoms with Crippen molar-refractivity contribution in [1.82, 2.24) is 0 Å². The molecule has 0 spiro atoms. The molecule has 0 amide bonds. The Morgan fingerprint density at radius 2 is 0.595 bits per heavy atom. The lowest BCUT2D eigenvalue weighted by atomic mass is 9.81. The maximum absolute atomic E-state index is 5.20. The Labute approximate surface area is 236 Å². The molecule has 4 aliphatic carbocycles. The highest BCUT2D eigenvalue weighted by atomic mass is 28.3. The first-order valence-corrected chi connectivity index (χ1v) is 18.7. The average molecular weight is 537 g/mol. The fourth-order valence-corrected chi connectivity index (χ4v) is 8.53. The van der Waals surface area contributed by atoms with Crippen molar-refractivity contribution in [3.8, 4) is 0 Å². The van der Waals surface area contributed by atoms with Crippen molar-refractivity contribution in [2.75, 3.05) is 13.2 Å². The van der Waals surface area contributed by atoms with Gasteiger partial charge in [-0.2, -0.15) is 0 Å². The molecule has 3 heteroatoms. The number of hydrogen-bond acceptors (Lipinski definition) is 2. The Balaban J connectivity index is 0.000000201. The second kappa shape index (κ2) is 24.0. The number of rotatable bonds is 8. The fraction of sp³-hybridized carbons (Fsp3) is 1.00. The Kier molecular flexibility index (Phi) is 21.6. The van der Waals surface area contributed by atoms with E-state index in [9.17, 15) is 0 Å². The zero-order valence-electron chi connectivity index (χ0n) is 25.6. The Hall–Kier alpha value is 0.137. The molecular weight excluding hydrogens is 468 g/mol. The van der Waals surface area contributed by atoms with E-state index in [-0.39, 0.29) is 0 Å². The third-order valence-electron chi connectivity index (χ3n) is 9.80. The maximum Gasteiger partial charge on any atom is 0.304 e. The first-order chi connectivity index (χ1) is 18.3. The van der Waals surface area contributed by atoms with E-state index in [1.165, 1.54) is 103 Å². The van der Waals surface area contributed by atoms with Crippen molar-refractivity contribution in [3.63, 3.8) is 0 Å².